The summed E-state index contributed by atoms with van der Waals surface area (Å²) in [5.41, 5.74) is 4.78. The summed E-state index contributed by atoms with van der Waals surface area (Å²) < 4.78 is 5.65. The van der Waals surface area contributed by atoms with Gasteiger partial charge in [-0.2, -0.15) is 0 Å². The molecule has 2 heterocycles. The highest BCUT2D eigenvalue weighted by Gasteiger charge is 2.35. The summed E-state index contributed by atoms with van der Waals surface area (Å²) in [6.07, 6.45) is 3.83. The maximum absolute atomic E-state index is 13.6. The Bertz CT molecular complexity index is 1450. The Kier molecular flexibility index (Phi) is 6.59. The molecule has 2 aromatic carbocycles. The number of ether oxygens (including phenoxy) is 1. The van der Waals surface area contributed by atoms with Crippen molar-refractivity contribution in [3.63, 3.8) is 0 Å². The van der Waals surface area contributed by atoms with Crippen LogP contribution in [0, 0.1) is 11.3 Å². The summed E-state index contributed by atoms with van der Waals surface area (Å²) in [6, 6.07) is 20.8. The molecule has 0 radical (unpaired) electrons. The molecule has 0 saturated heterocycles. The minimum absolute atomic E-state index is 0.0440. The van der Waals surface area contributed by atoms with Gasteiger partial charge in [0.1, 0.15) is 0 Å². The topological polar surface area (TPSA) is 56.3 Å². The lowest BCUT2D eigenvalue weighted by Crippen LogP contribution is -2.29. The molecule has 0 spiro atoms. The van der Waals surface area contributed by atoms with Crippen molar-refractivity contribution in [3.8, 4) is 0 Å². The highest BCUT2D eigenvalue weighted by Crippen LogP contribution is 2.45. The summed E-state index contributed by atoms with van der Waals surface area (Å²) in [5, 5.41) is 2.83. The summed E-state index contributed by atoms with van der Waals surface area (Å²) in [7, 11) is 0. The van der Waals surface area contributed by atoms with Gasteiger partial charge in [0.2, 0.25) is 0 Å². The second-order valence-corrected chi connectivity index (χ2v) is 11.3. The molecule has 1 aliphatic carbocycles. The Morgan fingerprint density at radius 3 is 2.47 bits per heavy atom. The summed E-state index contributed by atoms with van der Waals surface area (Å²) in [4.78, 5) is 32.5. The zero-order chi connectivity index (χ0) is 25.3. The van der Waals surface area contributed by atoms with Gasteiger partial charge in [-0.05, 0) is 58.9 Å². The third kappa shape index (κ3) is 4.89. The molecule has 0 fully saturated rings. The van der Waals surface area contributed by atoms with Crippen LogP contribution in [0.4, 0.5) is 0 Å². The lowest BCUT2D eigenvalue weighted by Gasteiger charge is -2.36. The third-order valence-corrected chi connectivity index (χ3v) is 7.75. The molecule has 4 aromatic rings. The number of Topliss-reactive ketones (excluding diaryl/α,β-unsaturated/α-hetero) is 1. The first kappa shape index (κ1) is 24.1. The van der Waals surface area contributed by atoms with Crippen molar-refractivity contribution in [2.75, 3.05) is 6.61 Å². The average Bonchev–Trinajstić information content (AvgIpc) is 3.39. The van der Waals surface area contributed by atoms with Gasteiger partial charge in [-0.25, -0.2) is 9.78 Å². The zero-order valence-electron chi connectivity index (χ0n) is 20.8. The number of fused-ring (bicyclic) bond motifs is 2. The molecule has 0 saturated carbocycles. The van der Waals surface area contributed by atoms with Gasteiger partial charge in [0.05, 0.1) is 16.8 Å². The highest BCUT2D eigenvalue weighted by atomic mass is 32.1. The minimum Gasteiger partial charge on any atom is -0.454 e. The quantitative estimate of drug-likeness (QED) is 0.213. The van der Waals surface area contributed by atoms with Gasteiger partial charge in [-0.1, -0.05) is 75.4 Å². The van der Waals surface area contributed by atoms with E-state index in [4.69, 9.17) is 9.72 Å². The first-order chi connectivity index (χ1) is 17.3. The van der Waals surface area contributed by atoms with Crippen molar-refractivity contribution in [1.82, 2.24) is 4.98 Å². The van der Waals surface area contributed by atoms with Crippen molar-refractivity contribution in [2.24, 2.45) is 11.3 Å². The molecule has 5 rings (SSSR count). The fraction of sp³-hybridized carbons (Fsp3) is 0.258. The van der Waals surface area contributed by atoms with E-state index in [1.807, 2.05) is 36.4 Å². The van der Waals surface area contributed by atoms with Crippen LogP contribution in [0.2, 0.25) is 0 Å². The number of pyridine rings is 1. The fourth-order valence-electron chi connectivity index (χ4n) is 4.83. The van der Waals surface area contributed by atoms with Crippen LogP contribution < -0.4 is 0 Å². The molecule has 0 amide bonds. The van der Waals surface area contributed by atoms with E-state index in [-0.39, 0.29) is 17.8 Å². The van der Waals surface area contributed by atoms with Crippen molar-refractivity contribution in [3.05, 3.63) is 99.4 Å². The number of hydrogen-bond donors (Lipinski definition) is 0. The van der Waals surface area contributed by atoms with Crippen LogP contribution in [0.3, 0.4) is 0 Å². The number of hydrogen-bond acceptors (Lipinski definition) is 5. The van der Waals surface area contributed by atoms with E-state index in [1.165, 1.54) is 0 Å². The van der Waals surface area contributed by atoms with Crippen molar-refractivity contribution in [2.45, 2.75) is 33.6 Å². The summed E-state index contributed by atoms with van der Waals surface area (Å²) in [6.45, 7) is 6.44. The number of carbonyl (C=O) groups excluding carboxylic acids is 2. The molecule has 2 aromatic heterocycles. The van der Waals surface area contributed by atoms with Gasteiger partial charge < -0.3 is 4.74 Å². The van der Waals surface area contributed by atoms with Gasteiger partial charge in [-0.15, -0.1) is 11.3 Å². The van der Waals surface area contributed by atoms with E-state index in [0.717, 1.165) is 45.5 Å². The van der Waals surface area contributed by atoms with Gasteiger partial charge in [-0.3, -0.25) is 4.79 Å². The molecule has 0 aliphatic heterocycles. The van der Waals surface area contributed by atoms with E-state index >= 15 is 0 Å². The number of aromatic nitrogens is 1. The van der Waals surface area contributed by atoms with Crippen LogP contribution in [0.5, 0.6) is 0 Å². The first-order valence-electron chi connectivity index (χ1n) is 12.2. The fourth-order valence-corrected chi connectivity index (χ4v) is 5.51. The standard InChI is InChI=1S/C31H29NO3S/c1-31(2,3)22-16-21(17-23-12-9-15-36-23)29-25(18-22)28(24-13-7-8-14-26(24)32-29)30(34)35-19-27(33)20-10-5-4-6-11-20/h4-15,17,22H,16,18-19H2,1-3H3. The van der Waals surface area contributed by atoms with E-state index in [2.05, 4.69) is 38.3 Å². The van der Waals surface area contributed by atoms with Crippen LogP contribution >= 0.6 is 11.3 Å². The van der Waals surface area contributed by atoms with Crippen LogP contribution in [0.25, 0.3) is 22.6 Å². The number of thiophene rings is 1. The highest BCUT2D eigenvalue weighted by molar-refractivity contribution is 7.10. The number of rotatable bonds is 5. The van der Waals surface area contributed by atoms with Gasteiger partial charge >= 0.3 is 5.97 Å². The van der Waals surface area contributed by atoms with E-state index < -0.39 is 5.97 Å². The molecule has 4 nitrogen and oxygen atoms in total. The lowest BCUT2D eigenvalue weighted by molar-refractivity contribution is 0.0474. The molecular weight excluding hydrogens is 466 g/mol. The number of allylic oxidation sites excluding steroid dienone is 1. The Labute approximate surface area is 215 Å². The summed E-state index contributed by atoms with van der Waals surface area (Å²) >= 11 is 1.69. The Morgan fingerprint density at radius 2 is 1.75 bits per heavy atom. The minimum atomic E-state index is -0.473. The monoisotopic (exact) mass is 495 g/mol. The second-order valence-electron chi connectivity index (χ2n) is 10.4. The summed E-state index contributed by atoms with van der Waals surface area (Å²) in [5.74, 6) is -0.363. The Hall–Kier alpha value is -3.57. The Morgan fingerprint density at radius 1 is 1.00 bits per heavy atom. The predicted molar refractivity (Wildman–Crippen MR) is 146 cm³/mol. The van der Waals surface area contributed by atoms with Gasteiger partial charge in [0, 0.05) is 15.8 Å². The SMILES string of the molecule is CC(C)(C)C1CC(=Cc2cccs2)c2nc3ccccc3c(C(=O)OCC(=O)c3ccccc3)c2C1. The van der Waals surface area contributed by atoms with Crippen LogP contribution in [-0.2, 0) is 11.2 Å². The van der Waals surface area contributed by atoms with Crippen LogP contribution in [0.1, 0.15) is 64.0 Å². The van der Waals surface area contributed by atoms with Crippen LogP contribution in [0.15, 0.2) is 72.1 Å². The van der Waals surface area contributed by atoms with Gasteiger partial charge in [0.25, 0.3) is 0 Å². The maximum atomic E-state index is 13.6. The first-order valence-corrected chi connectivity index (χ1v) is 13.1. The van der Waals surface area contributed by atoms with Crippen molar-refractivity contribution < 1.29 is 14.3 Å². The second kappa shape index (κ2) is 9.82. The van der Waals surface area contributed by atoms with E-state index in [9.17, 15) is 9.59 Å². The molecule has 1 unspecified atom stereocenters. The third-order valence-electron chi connectivity index (χ3n) is 6.93. The largest absolute Gasteiger partial charge is 0.454 e. The number of carbonyl (C=O) groups is 2. The number of ketones is 1. The van der Waals surface area contributed by atoms with E-state index in [0.29, 0.717) is 17.0 Å². The molecular formula is C31H29NO3S. The number of esters is 1. The maximum Gasteiger partial charge on any atom is 0.339 e. The smallest absolute Gasteiger partial charge is 0.339 e. The normalized spacial score (nSPS) is 16.6. The van der Waals surface area contributed by atoms with Gasteiger partial charge in [0.15, 0.2) is 12.4 Å². The molecule has 36 heavy (non-hydrogen) atoms. The molecule has 0 bridgehead atoms. The van der Waals surface area contributed by atoms with Crippen molar-refractivity contribution >= 4 is 45.6 Å². The van der Waals surface area contributed by atoms with Crippen LogP contribution in [-0.4, -0.2) is 23.3 Å². The zero-order valence-corrected chi connectivity index (χ0v) is 21.6. The average molecular weight is 496 g/mol. The number of benzene rings is 2. The predicted octanol–water partition coefficient (Wildman–Crippen LogP) is 7.49. The lowest BCUT2D eigenvalue weighted by atomic mass is 9.69. The molecule has 1 aliphatic rings. The number of para-hydroxylation sites is 1. The molecule has 182 valence electrons. The molecule has 0 N–H and O–H groups in total. The van der Waals surface area contributed by atoms with Crippen molar-refractivity contribution in [1.29, 1.82) is 0 Å². The van der Waals surface area contributed by atoms with E-state index in [1.54, 1.807) is 35.6 Å². The number of nitrogens with zero attached hydrogens (tertiary/aromatic N) is 1. The molecule has 1 atom stereocenters. The molecule has 5 heteroatoms. The Balaban J connectivity index is 1.60.